The molecule has 23 heavy (non-hydrogen) atoms. The molecule has 2 aliphatic heterocycles. The molecule has 2 N–H and O–H groups in total. The molecule has 2 fully saturated rings. The minimum atomic E-state index is -4.55. The van der Waals surface area contributed by atoms with E-state index >= 15 is 0 Å². The van der Waals surface area contributed by atoms with Crippen LogP contribution in [0.1, 0.15) is 25.0 Å². The summed E-state index contributed by atoms with van der Waals surface area (Å²) >= 11 is 0. The van der Waals surface area contributed by atoms with Gasteiger partial charge in [-0.05, 0) is 25.3 Å². The van der Waals surface area contributed by atoms with Gasteiger partial charge in [-0.25, -0.2) is 9.97 Å². The standard InChI is InChI=1S/C14H17F3N4O2/c15-14(16,17)9-2-6-19-12(20-9)21-7-3-10(22)13(8-21)4-1-5-18-11(13)23/h2,6,10,22H,1,3-5,7-8H2,(H,18,23)/t10-,13-/m1/s1. The summed E-state index contributed by atoms with van der Waals surface area (Å²) < 4.78 is 38.4. The molecule has 0 aliphatic carbocycles. The van der Waals surface area contributed by atoms with Gasteiger partial charge in [-0.1, -0.05) is 0 Å². The van der Waals surface area contributed by atoms with E-state index in [1.165, 1.54) is 0 Å². The highest BCUT2D eigenvalue weighted by Crippen LogP contribution is 2.38. The van der Waals surface area contributed by atoms with Crippen LogP contribution in [0.3, 0.4) is 0 Å². The highest BCUT2D eigenvalue weighted by Gasteiger charge is 2.50. The second kappa shape index (κ2) is 5.63. The van der Waals surface area contributed by atoms with Crippen LogP contribution in [0.25, 0.3) is 0 Å². The first-order valence-electron chi connectivity index (χ1n) is 7.44. The number of aromatic nitrogens is 2. The summed E-state index contributed by atoms with van der Waals surface area (Å²) in [7, 11) is 0. The first-order valence-corrected chi connectivity index (χ1v) is 7.44. The summed E-state index contributed by atoms with van der Waals surface area (Å²) in [5.41, 5.74) is -2.02. The Labute approximate surface area is 130 Å². The van der Waals surface area contributed by atoms with Crippen LogP contribution in [0.15, 0.2) is 12.3 Å². The summed E-state index contributed by atoms with van der Waals surface area (Å²) in [6.07, 6.45) is -2.80. The Bertz CT molecular complexity index is 610. The summed E-state index contributed by atoms with van der Waals surface area (Å²) in [6, 6.07) is 0.811. The van der Waals surface area contributed by atoms with Gasteiger partial charge >= 0.3 is 6.18 Å². The van der Waals surface area contributed by atoms with Crippen LogP contribution in [0.4, 0.5) is 19.1 Å². The number of nitrogens with zero attached hydrogens (tertiary/aromatic N) is 3. The lowest BCUT2D eigenvalue weighted by Gasteiger charge is -2.46. The highest BCUT2D eigenvalue weighted by molar-refractivity contribution is 5.85. The number of alkyl halides is 3. The van der Waals surface area contributed by atoms with Gasteiger partial charge in [0.05, 0.1) is 11.5 Å². The number of hydrogen-bond donors (Lipinski definition) is 2. The van der Waals surface area contributed by atoms with E-state index < -0.39 is 23.4 Å². The molecule has 3 rings (SSSR count). The molecule has 126 valence electrons. The van der Waals surface area contributed by atoms with Crippen LogP contribution in [0.5, 0.6) is 0 Å². The van der Waals surface area contributed by atoms with E-state index in [1.54, 1.807) is 4.90 Å². The van der Waals surface area contributed by atoms with Gasteiger partial charge in [-0.2, -0.15) is 13.2 Å². The minimum absolute atomic E-state index is 0.0653. The maximum atomic E-state index is 12.8. The van der Waals surface area contributed by atoms with E-state index in [0.29, 0.717) is 19.5 Å². The first kappa shape index (κ1) is 16.0. The molecule has 1 spiro atoms. The number of aliphatic hydroxyl groups excluding tert-OH is 1. The third-order valence-electron chi connectivity index (χ3n) is 4.54. The van der Waals surface area contributed by atoms with Gasteiger partial charge < -0.3 is 15.3 Å². The molecule has 0 saturated carbocycles. The summed E-state index contributed by atoms with van der Waals surface area (Å²) in [5, 5.41) is 13.0. The molecule has 2 atom stereocenters. The second-order valence-corrected chi connectivity index (χ2v) is 5.98. The number of hydrogen-bond acceptors (Lipinski definition) is 5. The van der Waals surface area contributed by atoms with Crippen molar-refractivity contribution in [3.05, 3.63) is 18.0 Å². The SMILES string of the molecule is O=C1NCCC[C@]12CN(c1nccc(C(F)(F)F)n1)CC[C@H]2O. The van der Waals surface area contributed by atoms with Crippen molar-refractivity contribution in [2.24, 2.45) is 5.41 Å². The quantitative estimate of drug-likeness (QED) is 0.802. The smallest absolute Gasteiger partial charge is 0.392 e. The Hall–Kier alpha value is -1.90. The fourth-order valence-electron chi connectivity index (χ4n) is 3.27. The Balaban J connectivity index is 1.88. The summed E-state index contributed by atoms with van der Waals surface area (Å²) in [5.74, 6) is -0.322. The van der Waals surface area contributed by atoms with E-state index in [1.807, 2.05) is 0 Å². The van der Waals surface area contributed by atoms with Crippen molar-refractivity contribution in [1.82, 2.24) is 15.3 Å². The second-order valence-electron chi connectivity index (χ2n) is 5.98. The zero-order valence-electron chi connectivity index (χ0n) is 12.3. The average molecular weight is 330 g/mol. The molecule has 2 saturated heterocycles. The van der Waals surface area contributed by atoms with Crippen molar-refractivity contribution in [2.75, 3.05) is 24.5 Å². The maximum Gasteiger partial charge on any atom is 0.433 e. The number of amides is 1. The molecule has 0 bridgehead atoms. The molecule has 0 radical (unpaired) electrons. The number of anilines is 1. The Morgan fingerprint density at radius 2 is 2.22 bits per heavy atom. The van der Waals surface area contributed by atoms with Crippen LogP contribution in [0, 0.1) is 5.41 Å². The van der Waals surface area contributed by atoms with Crippen molar-refractivity contribution in [1.29, 1.82) is 0 Å². The van der Waals surface area contributed by atoms with Crippen LogP contribution in [-0.4, -0.2) is 46.7 Å². The fourth-order valence-corrected chi connectivity index (χ4v) is 3.27. The van der Waals surface area contributed by atoms with Crippen molar-refractivity contribution in [3.63, 3.8) is 0 Å². The molecule has 1 aromatic heterocycles. The third-order valence-corrected chi connectivity index (χ3v) is 4.54. The van der Waals surface area contributed by atoms with E-state index in [2.05, 4.69) is 15.3 Å². The third kappa shape index (κ3) is 2.85. The van der Waals surface area contributed by atoms with Gasteiger partial charge in [0.1, 0.15) is 5.69 Å². The van der Waals surface area contributed by atoms with Gasteiger partial charge in [0.25, 0.3) is 0 Å². The molecule has 1 aromatic rings. The van der Waals surface area contributed by atoms with Crippen molar-refractivity contribution in [3.8, 4) is 0 Å². The molecule has 3 heterocycles. The Kier molecular flexibility index (Phi) is 3.91. The zero-order chi connectivity index (χ0) is 16.7. The van der Waals surface area contributed by atoms with Crippen LogP contribution >= 0.6 is 0 Å². The predicted molar refractivity (Wildman–Crippen MR) is 74.5 cm³/mol. The summed E-state index contributed by atoms with van der Waals surface area (Å²) in [4.78, 5) is 21.3. The molecule has 2 aliphatic rings. The van der Waals surface area contributed by atoms with Crippen molar-refractivity contribution >= 4 is 11.9 Å². The maximum absolute atomic E-state index is 12.8. The van der Waals surface area contributed by atoms with Gasteiger partial charge in [-0.3, -0.25) is 4.79 Å². The fraction of sp³-hybridized carbons (Fsp3) is 0.643. The minimum Gasteiger partial charge on any atom is -0.392 e. The number of rotatable bonds is 1. The zero-order valence-corrected chi connectivity index (χ0v) is 12.3. The lowest BCUT2D eigenvalue weighted by atomic mass is 9.71. The van der Waals surface area contributed by atoms with Gasteiger partial charge in [0, 0.05) is 25.8 Å². The number of halogens is 3. The monoisotopic (exact) mass is 330 g/mol. The normalized spacial score (nSPS) is 28.8. The van der Waals surface area contributed by atoms with Gasteiger partial charge in [-0.15, -0.1) is 0 Å². The van der Waals surface area contributed by atoms with Gasteiger partial charge in [0.2, 0.25) is 11.9 Å². The van der Waals surface area contributed by atoms with Crippen LogP contribution in [0.2, 0.25) is 0 Å². The molecule has 6 nitrogen and oxygen atoms in total. The largest absolute Gasteiger partial charge is 0.433 e. The highest BCUT2D eigenvalue weighted by atomic mass is 19.4. The topological polar surface area (TPSA) is 78.4 Å². The molecular weight excluding hydrogens is 313 g/mol. The van der Waals surface area contributed by atoms with Crippen LogP contribution < -0.4 is 10.2 Å². The molecule has 9 heteroatoms. The number of carbonyl (C=O) groups excluding carboxylic acids is 1. The van der Waals surface area contributed by atoms with Crippen molar-refractivity contribution < 1.29 is 23.1 Å². The average Bonchev–Trinajstić information content (AvgIpc) is 2.52. The van der Waals surface area contributed by atoms with E-state index in [-0.39, 0.29) is 24.8 Å². The Morgan fingerprint density at radius 3 is 2.91 bits per heavy atom. The molecule has 0 unspecified atom stereocenters. The van der Waals surface area contributed by atoms with E-state index in [9.17, 15) is 23.1 Å². The van der Waals surface area contributed by atoms with Gasteiger partial charge in [0.15, 0.2) is 0 Å². The number of nitrogens with one attached hydrogen (secondary N) is 1. The Morgan fingerprint density at radius 1 is 1.43 bits per heavy atom. The van der Waals surface area contributed by atoms with Crippen LogP contribution in [-0.2, 0) is 11.0 Å². The van der Waals surface area contributed by atoms with E-state index in [4.69, 9.17) is 0 Å². The molecule has 1 amide bonds. The summed E-state index contributed by atoms with van der Waals surface area (Å²) in [6.45, 7) is 0.964. The number of carbonyl (C=O) groups is 1. The first-order chi connectivity index (χ1) is 10.8. The lowest BCUT2D eigenvalue weighted by molar-refractivity contribution is -0.143. The number of aliphatic hydroxyl groups is 1. The van der Waals surface area contributed by atoms with Crippen molar-refractivity contribution in [2.45, 2.75) is 31.5 Å². The lowest BCUT2D eigenvalue weighted by Crippen LogP contribution is -2.61. The predicted octanol–water partition coefficient (Wildman–Crippen LogP) is 0.963. The number of piperidine rings is 2. The van der Waals surface area contributed by atoms with E-state index in [0.717, 1.165) is 18.7 Å². The molecular formula is C14H17F3N4O2. The molecule has 0 aromatic carbocycles.